The van der Waals surface area contributed by atoms with Gasteiger partial charge in [-0.05, 0) is 42.2 Å². The van der Waals surface area contributed by atoms with Crippen molar-refractivity contribution in [3.8, 4) is 0 Å². The van der Waals surface area contributed by atoms with E-state index in [2.05, 4.69) is 18.8 Å². The molecule has 8 heteroatoms. The molecule has 0 bridgehead atoms. The van der Waals surface area contributed by atoms with Crippen LogP contribution in [-0.2, 0) is 0 Å². The second kappa shape index (κ2) is 7.99. The van der Waals surface area contributed by atoms with Gasteiger partial charge in [-0.1, -0.05) is 49.4 Å². The van der Waals surface area contributed by atoms with Crippen LogP contribution in [0.3, 0.4) is 0 Å². The number of nitrogens with zero attached hydrogens (tertiary/aromatic N) is 2. The van der Waals surface area contributed by atoms with E-state index in [1.807, 2.05) is 24.3 Å². The van der Waals surface area contributed by atoms with Crippen LogP contribution >= 0.6 is 11.3 Å². The molecule has 0 spiro atoms. The van der Waals surface area contributed by atoms with Gasteiger partial charge in [0.1, 0.15) is 11.4 Å². The first-order chi connectivity index (χ1) is 16.2. The molecule has 1 aliphatic rings. The molecule has 1 atom stereocenters. The van der Waals surface area contributed by atoms with Crippen LogP contribution in [0.25, 0.3) is 11.0 Å². The fourth-order valence-electron chi connectivity index (χ4n) is 4.33. The van der Waals surface area contributed by atoms with E-state index >= 15 is 0 Å². The minimum absolute atomic E-state index is 0.0666. The lowest BCUT2D eigenvalue weighted by molar-refractivity contribution is 0.0969. The van der Waals surface area contributed by atoms with E-state index in [1.165, 1.54) is 24.0 Å². The number of carbonyl (C=O) groups is 2. The van der Waals surface area contributed by atoms with Crippen LogP contribution in [0.15, 0.2) is 51.7 Å². The standard InChI is InChI=1S/C26H21FN2O4S/c1-12(2)15-5-7-16(8-6-15)21-20-22(31)18-11-17(27)9-10-19(18)33-23(20)25(32)29(21)26-28-13(3)24(34-26)14(4)30/h5-12,21H,1-4H3/t21-/m0/s1. The number of ketones is 1. The molecule has 0 radical (unpaired) electrons. The van der Waals surface area contributed by atoms with Crippen molar-refractivity contribution < 1.29 is 18.4 Å². The average Bonchev–Trinajstić information content (AvgIpc) is 3.32. The Morgan fingerprint density at radius 3 is 2.47 bits per heavy atom. The van der Waals surface area contributed by atoms with Gasteiger partial charge < -0.3 is 4.42 Å². The quantitative estimate of drug-likeness (QED) is 0.349. The molecule has 0 saturated carbocycles. The molecule has 2 aromatic carbocycles. The number of anilines is 1. The third-order valence-corrected chi connectivity index (χ3v) is 7.32. The molecule has 34 heavy (non-hydrogen) atoms. The molecule has 0 aliphatic carbocycles. The topological polar surface area (TPSA) is 80.5 Å². The Bertz CT molecular complexity index is 1540. The molecule has 3 heterocycles. The number of aryl methyl sites for hydroxylation is 1. The van der Waals surface area contributed by atoms with Gasteiger partial charge >= 0.3 is 0 Å². The molecule has 0 saturated heterocycles. The number of hydrogen-bond acceptors (Lipinski definition) is 6. The van der Waals surface area contributed by atoms with Crippen molar-refractivity contribution in [2.75, 3.05) is 4.90 Å². The number of fused-ring (bicyclic) bond motifs is 2. The lowest BCUT2D eigenvalue weighted by atomic mass is 9.95. The van der Waals surface area contributed by atoms with Gasteiger partial charge in [0, 0.05) is 6.92 Å². The summed E-state index contributed by atoms with van der Waals surface area (Å²) < 4.78 is 19.8. The summed E-state index contributed by atoms with van der Waals surface area (Å²) in [4.78, 5) is 45.5. The number of benzene rings is 2. The molecule has 0 unspecified atom stereocenters. The van der Waals surface area contributed by atoms with Crippen LogP contribution in [0.2, 0.25) is 0 Å². The normalized spacial score (nSPS) is 15.4. The number of hydrogen-bond donors (Lipinski definition) is 0. The number of rotatable bonds is 4. The van der Waals surface area contributed by atoms with E-state index in [4.69, 9.17) is 4.42 Å². The second-order valence-corrected chi connectivity index (χ2v) is 9.66. The Hall–Kier alpha value is -3.65. The van der Waals surface area contributed by atoms with Crippen molar-refractivity contribution in [3.63, 3.8) is 0 Å². The monoisotopic (exact) mass is 476 g/mol. The third-order valence-electron chi connectivity index (χ3n) is 6.06. The minimum Gasteiger partial charge on any atom is -0.450 e. The summed E-state index contributed by atoms with van der Waals surface area (Å²) in [7, 11) is 0. The third kappa shape index (κ3) is 3.37. The predicted octanol–water partition coefficient (Wildman–Crippen LogP) is 5.77. The fraction of sp³-hybridized carbons (Fsp3) is 0.231. The number of halogens is 1. The number of Topliss-reactive ketones (excluding diaryl/α,β-unsaturated/α-hetero) is 1. The zero-order valence-electron chi connectivity index (χ0n) is 19.0. The lowest BCUT2D eigenvalue weighted by Crippen LogP contribution is -2.29. The van der Waals surface area contributed by atoms with E-state index in [1.54, 1.807) is 6.92 Å². The van der Waals surface area contributed by atoms with E-state index in [0.29, 0.717) is 27.2 Å². The molecular formula is C26H21FN2O4S. The highest BCUT2D eigenvalue weighted by atomic mass is 32.1. The van der Waals surface area contributed by atoms with Crippen molar-refractivity contribution in [2.45, 2.75) is 39.7 Å². The first-order valence-corrected chi connectivity index (χ1v) is 11.7. The SMILES string of the molecule is CC(=O)c1sc(N2C(=O)c3oc4ccc(F)cc4c(=O)c3[C@@H]2c2ccc(C(C)C)cc2)nc1C. The van der Waals surface area contributed by atoms with Gasteiger partial charge in [0.15, 0.2) is 16.3 Å². The molecule has 1 amide bonds. The van der Waals surface area contributed by atoms with Gasteiger partial charge in [0.25, 0.3) is 5.91 Å². The molecule has 2 aromatic heterocycles. The Labute approximate surface area is 198 Å². The van der Waals surface area contributed by atoms with E-state index < -0.39 is 23.2 Å². The minimum atomic E-state index is -0.821. The predicted molar refractivity (Wildman–Crippen MR) is 128 cm³/mol. The first kappa shape index (κ1) is 22.2. The maximum Gasteiger partial charge on any atom is 0.297 e. The largest absolute Gasteiger partial charge is 0.450 e. The van der Waals surface area contributed by atoms with Crippen molar-refractivity contribution >= 4 is 39.1 Å². The zero-order valence-corrected chi connectivity index (χ0v) is 19.8. The summed E-state index contributed by atoms with van der Waals surface area (Å²) in [5, 5.41) is 0.364. The Balaban J connectivity index is 1.78. The first-order valence-electron chi connectivity index (χ1n) is 10.9. The number of carbonyl (C=O) groups excluding carboxylic acids is 2. The Kier molecular flexibility index (Phi) is 5.20. The van der Waals surface area contributed by atoms with Crippen molar-refractivity contribution in [1.82, 2.24) is 4.98 Å². The molecule has 0 fully saturated rings. The maximum atomic E-state index is 14.0. The maximum absolute atomic E-state index is 14.0. The van der Waals surface area contributed by atoms with Crippen LogP contribution < -0.4 is 10.3 Å². The van der Waals surface area contributed by atoms with Crippen LogP contribution in [-0.4, -0.2) is 16.7 Å². The van der Waals surface area contributed by atoms with Gasteiger partial charge in [-0.2, -0.15) is 0 Å². The summed E-state index contributed by atoms with van der Waals surface area (Å²) in [6, 6.07) is 10.5. The second-order valence-electron chi connectivity index (χ2n) is 8.68. The highest BCUT2D eigenvalue weighted by Crippen LogP contribution is 2.43. The molecule has 6 nitrogen and oxygen atoms in total. The number of amides is 1. The summed E-state index contributed by atoms with van der Waals surface area (Å²) in [6.45, 7) is 7.30. The van der Waals surface area contributed by atoms with Crippen molar-refractivity contribution in [3.05, 3.63) is 91.5 Å². The van der Waals surface area contributed by atoms with Gasteiger partial charge in [-0.3, -0.25) is 19.3 Å². The zero-order chi connectivity index (χ0) is 24.3. The Morgan fingerprint density at radius 2 is 1.85 bits per heavy atom. The molecule has 5 rings (SSSR count). The highest BCUT2D eigenvalue weighted by molar-refractivity contribution is 7.17. The summed E-state index contributed by atoms with van der Waals surface area (Å²) in [6.07, 6.45) is 0. The fourth-order valence-corrected chi connectivity index (χ4v) is 5.32. The average molecular weight is 477 g/mol. The van der Waals surface area contributed by atoms with Crippen molar-refractivity contribution in [2.24, 2.45) is 0 Å². The van der Waals surface area contributed by atoms with Gasteiger partial charge in [0.05, 0.1) is 27.6 Å². The van der Waals surface area contributed by atoms with E-state index in [0.717, 1.165) is 23.0 Å². The molecule has 1 aliphatic heterocycles. The lowest BCUT2D eigenvalue weighted by Gasteiger charge is -2.23. The van der Waals surface area contributed by atoms with Crippen LogP contribution in [0.1, 0.15) is 75.3 Å². The summed E-state index contributed by atoms with van der Waals surface area (Å²) >= 11 is 1.10. The smallest absolute Gasteiger partial charge is 0.297 e. The van der Waals surface area contributed by atoms with E-state index in [9.17, 15) is 18.8 Å². The number of aromatic nitrogens is 1. The van der Waals surface area contributed by atoms with Gasteiger partial charge in [-0.25, -0.2) is 9.37 Å². The van der Waals surface area contributed by atoms with Crippen LogP contribution in [0.4, 0.5) is 9.52 Å². The summed E-state index contributed by atoms with van der Waals surface area (Å²) in [5.74, 6) is -1.04. The highest BCUT2D eigenvalue weighted by Gasteiger charge is 2.45. The molecule has 4 aromatic rings. The van der Waals surface area contributed by atoms with Crippen LogP contribution in [0, 0.1) is 12.7 Å². The molecule has 172 valence electrons. The van der Waals surface area contributed by atoms with Gasteiger partial charge in [0.2, 0.25) is 5.76 Å². The van der Waals surface area contributed by atoms with E-state index in [-0.39, 0.29) is 28.1 Å². The van der Waals surface area contributed by atoms with Crippen LogP contribution in [0.5, 0.6) is 0 Å². The summed E-state index contributed by atoms with van der Waals surface area (Å²) in [5.41, 5.74) is 2.11. The molecular weight excluding hydrogens is 455 g/mol. The van der Waals surface area contributed by atoms with Crippen molar-refractivity contribution in [1.29, 1.82) is 0 Å². The molecule has 0 N–H and O–H groups in total. The Morgan fingerprint density at radius 1 is 1.15 bits per heavy atom. The van der Waals surface area contributed by atoms with Gasteiger partial charge in [-0.15, -0.1) is 0 Å². The number of thiazole rings is 1.